The van der Waals surface area contributed by atoms with Crippen LogP contribution < -0.4 is 5.32 Å². The topological polar surface area (TPSA) is 25.2 Å². The first-order valence-electron chi connectivity index (χ1n) is 7.01. The van der Waals surface area contributed by atoms with Gasteiger partial charge in [-0.05, 0) is 29.2 Å². The van der Waals surface area contributed by atoms with Gasteiger partial charge in [0.15, 0.2) is 0 Å². The highest BCUT2D eigenvalue weighted by Crippen LogP contribution is 2.25. The molecule has 0 unspecified atom stereocenters. The lowest BCUT2D eigenvalue weighted by Crippen LogP contribution is -2.16. The van der Waals surface area contributed by atoms with Crippen molar-refractivity contribution in [2.75, 3.05) is 12.3 Å². The number of hydrogen-bond acceptors (Lipinski definition) is 3. The van der Waals surface area contributed by atoms with E-state index in [0.717, 1.165) is 18.8 Å². The van der Waals surface area contributed by atoms with E-state index in [0.29, 0.717) is 0 Å². The summed E-state index contributed by atoms with van der Waals surface area (Å²) < 4.78 is 5.03. The normalized spacial score (nSPS) is 11.8. The minimum atomic E-state index is 0.231. The number of furan rings is 1. The van der Waals surface area contributed by atoms with E-state index in [1.165, 1.54) is 16.0 Å². The van der Waals surface area contributed by atoms with Crippen LogP contribution in [0.2, 0.25) is 0 Å². The van der Waals surface area contributed by atoms with Crippen LogP contribution in [0.25, 0.3) is 0 Å². The van der Waals surface area contributed by atoms with Crippen molar-refractivity contribution in [1.29, 1.82) is 0 Å². The lowest BCUT2D eigenvalue weighted by molar-refractivity contribution is 0.561. The molecule has 2 aromatic rings. The molecular formula is C17H23NOS. The first-order valence-corrected chi connectivity index (χ1v) is 7.99. The van der Waals surface area contributed by atoms with Crippen LogP contribution in [0.3, 0.4) is 0 Å². The van der Waals surface area contributed by atoms with Crippen molar-refractivity contribution in [2.45, 2.75) is 37.6 Å². The highest BCUT2D eigenvalue weighted by Gasteiger charge is 2.12. The maximum atomic E-state index is 5.03. The second-order valence-corrected chi connectivity index (χ2v) is 7.10. The third kappa shape index (κ3) is 4.73. The zero-order valence-corrected chi connectivity index (χ0v) is 13.3. The molecule has 0 atom stereocenters. The number of thioether (sulfide) groups is 1. The lowest BCUT2D eigenvalue weighted by atomic mass is 9.87. The summed E-state index contributed by atoms with van der Waals surface area (Å²) >= 11 is 1.89. The summed E-state index contributed by atoms with van der Waals surface area (Å²) in [5.41, 5.74) is 2.82. The molecule has 3 heteroatoms. The fraction of sp³-hybridized carbons (Fsp3) is 0.412. The van der Waals surface area contributed by atoms with Crippen molar-refractivity contribution in [1.82, 2.24) is 5.32 Å². The molecule has 0 amide bonds. The molecule has 0 aliphatic carbocycles. The van der Waals surface area contributed by atoms with Crippen molar-refractivity contribution < 1.29 is 4.42 Å². The van der Waals surface area contributed by atoms with E-state index in [9.17, 15) is 0 Å². The summed E-state index contributed by atoms with van der Waals surface area (Å²) in [6, 6.07) is 10.9. The van der Waals surface area contributed by atoms with Crippen LogP contribution in [0.1, 0.15) is 31.9 Å². The van der Waals surface area contributed by atoms with Gasteiger partial charge in [0.25, 0.3) is 0 Å². The first kappa shape index (κ1) is 15.2. The zero-order valence-electron chi connectivity index (χ0n) is 12.5. The van der Waals surface area contributed by atoms with Crippen molar-refractivity contribution in [3.8, 4) is 0 Å². The summed E-state index contributed by atoms with van der Waals surface area (Å²) in [6.07, 6.45) is 3.49. The molecule has 20 heavy (non-hydrogen) atoms. The van der Waals surface area contributed by atoms with Crippen LogP contribution in [0, 0.1) is 0 Å². The summed E-state index contributed by atoms with van der Waals surface area (Å²) in [5.74, 6) is 1.08. The minimum Gasteiger partial charge on any atom is -0.472 e. The monoisotopic (exact) mass is 289 g/mol. The van der Waals surface area contributed by atoms with Crippen LogP contribution in [0.5, 0.6) is 0 Å². The number of rotatable bonds is 6. The molecule has 0 radical (unpaired) electrons. The highest BCUT2D eigenvalue weighted by molar-refractivity contribution is 7.99. The first-order chi connectivity index (χ1) is 9.55. The fourth-order valence-corrected chi connectivity index (χ4v) is 2.73. The molecule has 0 fully saturated rings. The van der Waals surface area contributed by atoms with Gasteiger partial charge in [-0.3, -0.25) is 0 Å². The Morgan fingerprint density at radius 3 is 2.45 bits per heavy atom. The zero-order chi connectivity index (χ0) is 14.4. The predicted molar refractivity (Wildman–Crippen MR) is 86.3 cm³/mol. The lowest BCUT2D eigenvalue weighted by Gasteiger charge is -2.19. The average Bonchev–Trinajstić information content (AvgIpc) is 2.91. The van der Waals surface area contributed by atoms with Crippen LogP contribution in [-0.2, 0) is 12.0 Å². The standard InChI is InChI=1S/C17H23NOS/c1-17(2,3)15-4-6-16(7-5-15)20-11-9-18-12-14-8-10-19-13-14/h4-8,10,13,18H,9,11-12H2,1-3H3. The van der Waals surface area contributed by atoms with Gasteiger partial charge in [0, 0.05) is 29.3 Å². The van der Waals surface area contributed by atoms with Gasteiger partial charge < -0.3 is 9.73 Å². The largest absolute Gasteiger partial charge is 0.472 e. The van der Waals surface area contributed by atoms with E-state index in [1.807, 2.05) is 17.8 Å². The molecule has 0 aliphatic heterocycles. The molecular weight excluding hydrogens is 266 g/mol. The van der Waals surface area contributed by atoms with Crippen molar-refractivity contribution >= 4 is 11.8 Å². The molecule has 0 bridgehead atoms. The molecule has 2 rings (SSSR count). The third-order valence-corrected chi connectivity index (χ3v) is 4.19. The Hall–Kier alpha value is -1.19. The van der Waals surface area contributed by atoms with Crippen LogP contribution >= 0.6 is 11.8 Å². The summed E-state index contributed by atoms with van der Waals surface area (Å²) in [7, 11) is 0. The van der Waals surface area contributed by atoms with E-state index in [2.05, 4.69) is 50.4 Å². The molecule has 0 aliphatic rings. The van der Waals surface area contributed by atoms with Crippen LogP contribution in [0.4, 0.5) is 0 Å². The van der Waals surface area contributed by atoms with Gasteiger partial charge in [-0.25, -0.2) is 0 Å². The Morgan fingerprint density at radius 1 is 1.10 bits per heavy atom. The maximum Gasteiger partial charge on any atom is 0.0947 e. The Morgan fingerprint density at radius 2 is 1.85 bits per heavy atom. The molecule has 0 spiro atoms. The maximum absolute atomic E-state index is 5.03. The Balaban J connectivity index is 1.69. The van der Waals surface area contributed by atoms with Gasteiger partial charge in [-0.1, -0.05) is 32.9 Å². The molecule has 108 valence electrons. The molecule has 0 saturated carbocycles. The summed E-state index contributed by atoms with van der Waals surface area (Å²) in [4.78, 5) is 1.34. The Kier molecular flexibility index (Phi) is 5.32. The average molecular weight is 289 g/mol. The molecule has 1 N–H and O–H groups in total. The van der Waals surface area contributed by atoms with E-state index >= 15 is 0 Å². The molecule has 2 nitrogen and oxygen atoms in total. The summed E-state index contributed by atoms with van der Waals surface area (Å²) in [5, 5.41) is 3.41. The van der Waals surface area contributed by atoms with Gasteiger partial charge in [-0.15, -0.1) is 11.8 Å². The summed E-state index contributed by atoms with van der Waals surface area (Å²) in [6.45, 7) is 8.61. The molecule has 1 heterocycles. The predicted octanol–water partition coefficient (Wildman–Crippen LogP) is 4.46. The Labute approximate surface area is 126 Å². The SMILES string of the molecule is CC(C)(C)c1ccc(SCCNCc2ccoc2)cc1. The van der Waals surface area contributed by atoms with E-state index in [1.54, 1.807) is 12.5 Å². The Bertz CT molecular complexity index is 497. The molecule has 1 aromatic carbocycles. The second kappa shape index (κ2) is 7.00. The van der Waals surface area contributed by atoms with Gasteiger partial charge in [0.2, 0.25) is 0 Å². The smallest absolute Gasteiger partial charge is 0.0947 e. The highest BCUT2D eigenvalue weighted by atomic mass is 32.2. The number of hydrogen-bond donors (Lipinski definition) is 1. The quantitative estimate of drug-likeness (QED) is 0.628. The van der Waals surface area contributed by atoms with Gasteiger partial charge in [-0.2, -0.15) is 0 Å². The van der Waals surface area contributed by atoms with Crippen LogP contribution in [-0.4, -0.2) is 12.3 Å². The van der Waals surface area contributed by atoms with Crippen molar-refractivity contribution in [2.24, 2.45) is 0 Å². The molecule has 0 saturated heterocycles. The third-order valence-electron chi connectivity index (χ3n) is 3.18. The second-order valence-electron chi connectivity index (χ2n) is 5.93. The number of nitrogens with one attached hydrogen (secondary N) is 1. The van der Waals surface area contributed by atoms with E-state index < -0.39 is 0 Å². The molecule has 1 aromatic heterocycles. The van der Waals surface area contributed by atoms with Crippen molar-refractivity contribution in [3.05, 3.63) is 54.0 Å². The van der Waals surface area contributed by atoms with Gasteiger partial charge in [0.1, 0.15) is 0 Å². The minimum absolute atomic E-state index is 0.231. The van der Waals surface area contributed by atoms with Crippen LogP contribution in [0.15, 0.2) is 52.2 Å². The van der Waals surface area contributed by atoms with E-state index in [-0.39, 0.29) is 5.41 Å². The van der Waals surface area contributed by atoms with E-state index in [4.69, 9.17) is 4.42 Å². The number of benzene rings is 1. The van der Waals surface area contributed by atoms with Gasteiger partial charge in [0.05, 0.1) is 12.5 Å². The van der Waals surface area contributed by atoms with Crippen molar-refractivity contribution in [3.63, 3.8) is 0 Å². The fourth-order valence-electron chi connectivity index (χ4n) is 1.92. The van der Waals surface area contributed by atoms with Gasteiger partial charge >= 0.3 is 0 Å².